The second-order valence-corrected chi connectivity index (χ2v) is 5.66. The van der Waals surface area contributed by atoms with Crippen LogP contribution < -0.4 is 0 Å². The smallest absolute Gasteiger partial charge is 0.338 e. The average molecular weight is 256 g/mol. The average Bonchev–Trinajstić information content (AvgIpc) is 2.44. The van der Waals surface area contributed by atoms with E-state index in [-0.39, 0.29) is 11.4 Å². The van der Waals surface area contributed by atoms with Crippen LogP contribution in [0.25, 0.3) is 10.8 Å². The van der Waals surface area contributed by atoms with E-state index in [0.717, 1.165) is 17.2 Å². The van der Waals surface area contributed by atoms with E-state index in [4.69, 9.17) is 4.74 Å². The molecule has 0 saturated heterocycles. The van der Waals surface area contributed by atoms with E-state index in [1.165, 1.54) is 0 Å². The van der Waals surface area contributed by atoms with Gasteiger partial charge in [-0.05, 0) is 34.7 Å². The summed E-state index contributed by atoms with van der Waals surface area (Å²) in [6.07, 6.45) is 0.984. The molecule has 19 heavy (non-hydrogen) atoms. The molecule has 0 aromatic heterocycles. The Balaban J connectivity index is 2.13. The Morgan fingerprint density at radius 3 is 2.47 bits per heavy atom. The predicted molar refractivity (Wildman–Crippen MR) is 78.3 cm³/mol. The number of esters is 1. The monoisotopic (exact) mass is 256 g/mol. The molecular formula is C17H20O2. The molecule has 2 nitrogen and oxygen atoms in total. The molecule has 0 fully saturated rings. The zero-order valence-corrected chi connectivity index (χ0v) is 11.8. The number of carbonyl (C=O) groups excluding carboxylic acids is 1. The van der Waals surface area contributed by atoms with Crippen LogP contribution in [0, 0.1) is 5.41 Å². The van der Waals surface area contributed by atoms with E-state index >= 15 is 0 Å². The van der Waals surface area contributed by atoms with Crippen LogP contribution in [0.15, 0.2) is 42.5 Å². The van der Waals surface area contributed by atoms with Gasteiger partial charge >= 0.3 is 5.97 Å². The summed E-state index contributed by atoms with van der Waals surface area (Å²) in [5, 5.41) is 2.19. The highest BCUT2D eigenvalue weighted by atomic mass is 16.5. The van der Waals surface area contributed by atoms with Crippen molar-refractivity contribution in [1.82, 2.24) is 0 Å². The number of carbonyl (C=O) groups is 1. The maximum atomic E-state index is 12.0. The highest BCUT2D eigenvalue weighted by molar-refractivity contribution is 5.95. The Morgan fingerprint density at radius 1 is 1.11 bits per heavy atom. The van der Waals surface area contributed by atoms with Crippen LogP contribution in [-0.2, 0) is 4.74 Å². The van der Waals surface area contributed by atoms with Crippen molar-refractivity contribution in [2.24, 2.45) is 5.41 Å². The molecule has 2 heteroatoms. The van der Waals surface area contributed by atoms with Gasteiger partial charge in [-0.1, -0.05) is 51.1 Å². The number of benzene rings is 2. The van der Waals surface area contributed by atoms with E-state index in [2.05, 4.69) is 20.8 Å². The molecule has 0 unspecified atom stereocenters. The third kappa shape index (κ3) is 3.34. The first-order valence-corrected chi connectivity index (χ1v) is 6.68. The molecule has 100 valence electrons. The minimum atomic E-state index is -0.243. The SMILES string of the molecule is CCC(C)(C)COC(=O)c1ccc2ccccc2c1. The Hall–Kier alpha value is -1.83. The van der Waals surface area contributed by atoms with Crippen molar-refractivity contribution in [2.45, 2.75) is 27.2 Å². The van der Waals surface area contributed by atoms with Crippen molar-refractivity contribution in [3.63, 3.8) is 0 Å². The molecule has 0 aliphatic rings. The van der Waals surface area contributed by atoms with Crippen molar-refractivity contribution in [1.29, 1.82) is 0 Å². The third-order valence-corrected chi connectivity index (χ3v) is 3.54. The summed E-state index contributed by atoms with van der Waals surface area (Å²) in [6, 6.07) is 13.7. The molecule has 0 heterocycles. The first kappa shape index (κ1) is 13.6. The highest BCUT2D eigenvalue weighted by Crippen LogP contribution is 2.21. The molecule has 0 saturated carbocycles. The minimum absolute atomic E-state index is 0.0342. The zero-order chi connectivity index (χ0) is 13.9. The van der Waals surface area contributed by atoms with Gasteiger partial charge in [-0.15, -0.1) is 0 Å². The van der Waals surface area contributed by atoms with E-state index in [1.54, 1.807) is 0 Å². The third-order valence-electron chi connectivity index (χ3n) is 3.54. The number of rotatable bonds is 4. The summed E-state index contributed by atoms with van der Waals surface area (Å²) < 4.78 is 5.39. The van der Waals surface area contributed by atoms with Gasteiger partial charge in [-0.3, -0.25) is 0 Å². The quantitative estimate of drug-likeness (QED) is 0.756. The van der Waals surface area contributed by atoms with Gasteiger partial charge in [-0.25, -0.2) is 4.79 Å². The van der Waals surface area contributed by atoms with E-state index in [0.29, 0.717) is 12.2 Å². The van der Waals surface area contributed by atoms with Crippen molar-refractivity contribution in [2.75, 3.05) is 6.61 Å². The summed E-state index contributed by atoms with van der Waals surface area (Å²) in [7, 11) is 0. The van der Waals surface area contributed by atoms with Crippen LogP contribution in [0.4, 0.5) is 0 Å². The van der Waals surface area contributed by atoms with Crippen LogP contribution in [0.5, 0.6) is 0 Å². The van der Waals surface area contributed by atoms with E-state index in [9.17, 15) is 4.79 Å². The van der Waals surface area contributed by atoms with Gasteiger partial charge in [0.15, 0.2) is 0 Å². The lowest BCUT2D eigenvalue weighted by atomic mass is 9.92. The summed E-state index contributed by atoms with van der Waals surface area (Å²) in [5.74, 6) is -0.243. The summed E-state index contributed by atoms with van der Waals surface area (Å²) in [6.45, 7) is 6.75. The lowest BCUT2D eigenvalue weighted by molar-refractivity contribution is 0.0336. The second-order valence-electron chi connectivity index (χ2n) is 5.66. The van der Waals surface area contributed by atoms with Crippen LogP contribution >= 0.6 is 0 Å². The van der Waals surface area contributed by atoms with Gasteiger partial charge in [0.2, 0.25) is 0 Å². The Morgan fingerprint density at radius 2 is 1.79 bits per heavy atom. The van der Waals surface area contributed by atoms with Crippen LogP contribution in [-0.4, -0.2) is 12.6 Å². The summed E-state index contributed by atoms with van der Waals surface area (Å²) in [4.78, 5) is 12.0. The van der Waals surface area contributed by atoms with Gasteiger partial charge in [-0.2, -0.15) is 0 Å². The fraction of sp³-hybridized carbons (Fsp3) is 0.353. The number of fused-ring (bicyclic) bond motifs is 1. The Bertz CT molecular complexity index is 585. The van der Waals surface area contributed by atoms with Gasteiger partial charge in [0.1, 0.15) is 0 Å². The molecule has 2 aromatic rings. The van der Waals surface area contributed by atoms with E-state index in [1.807, 2.05) is 42.5 Å². The molecule has 0 aliphatic heterocycles. The minimum Gasteiger partial charge on any atom is -0.462 e. The molecular weight excluding hydrogens is 236 g/mol. The lowest BCUT2D eigenvalue weighted by Crippen LogP contribution is -2.21. The van der Waals surface area contributed by atoms with Crippen LogP contribution in [0.1, 0.15) is 37.6 Å². The zero-order valence-electron chi connectivity index (χ0n) is 11.8. The molecule has 2 aromatic carbocycles. The molecule has 0 N–H and O–H groups in total. The van der Waals surface area contributed by atoms with Gasteiger partial charge in [0.25, 0.3) is 0 Å². The maximum absolute atomic E-state index is 12.0. The largest absolute Gasteiger partial charge is 0.462 e. The highest BCUT2D eigenvalue weighted by Gasteiger charge is 2.18. The van der Waals surface area contributed by atoms with Gasteiger partial charge in [0.05, 0.1) is 12.2 Å². The molecule has 0 atom stereocenters. The van der Waals surface area contributed by atoms with Crippen molar-refractivity contribution in [3.8, 4) is 0 Å². The van der Waals surface area contributed by atoms with Crippen LogP contribution in [0.2, 0.25) is 0 Å². The first-order valence-electron chi connectivity index (χ1n) is 6.68. The number of hydrogen-bond donors (Lipinski definition) is 0. The fourth-order valence-electron chi connectivity index (χ4n) is 1.76. The normalized spacial score (nSPS) is 11.5. The van der Waals surface area contributed by atoms with E-state index < -0.39 is 0 Å². The molecule has 2 rings (SSSR count). The second kappa shape index (κ2) is 5.43. The fourth-order valence-corrected chi connectivity index (χ4v) is 1.76. The number of hydrogen-bond acceptors (Lipinski definition) is 2. The molecule has 0 amide bonds. The lowest BCUT2D eigenvalue weighted by Gasteiger charge is -2.21. The Labute approximate surface area is 114 Å². The van der Waals surface area contributed by atoms with Gasteiger partial charge < -0.3 is 4.74 Å². The Kier molecular flexibility index (Phi) is 3.89. The molecule has 0 bridgehead atoms. The number of ether oxygens (including phenoxy) is 1. The molecule has 0 radical (unpaired) electrons. The first-order chi connectivity index (χ1) is 9.02. The standard InChI is InChI=1S/C17H20O2/c1-4-17(2,3)12-19-16(18)15-10-9-13-7-5-6-8-14(13)11-15/h5-11H,4,12H2,1-3H3. The predicted octanol–water partition coefficient (Wildman–Crippen LogP) is 4.43. The topological polar surface area (TPSA) is 26.3 Å². The van der Waals surface area contributed by atoms with Crippen molar-refractivity contribution >= 4 is 16.7 Å². The summed E-state index contributed by atoms with van der Waals surface area (Å²) in [5.41, 5.74) is 0.651. The van der Waals surface area contributed by atoms with Crippen LogP contribution in [0.3, 0.4) is 0 Å². The van der Waals surface area contributed by atoms with Gasteiger partial charge in [0, 0.05) is 0 Å². The van der Waals surface area contributed by atoms with Crippen molar-refractivity contribution in [3.05, 3.63) is 48.0 Å². The molecule has 0 aliphatic carbocycles. The maximum Gasteiger partial charge on any atom is 0.338 e. The van der Waals surface area contributed by atoms with Crippen molar-refractivity contribution < 1.29 is 9.53 Å². The summed E-state index contributed by atoms with van der Waals surface area (Å²) >= 11 is 0. The molecule has 0 spiro atoms.